The highest BCUT2D eigenvalue weighted by molar-refractivity contribution is 7.15. The minimum atomic E-state index is 0.384. The summed E-state index contributed by atoms with van der Waals surface area (Å²) in [5.41, 5.74) is 4.37. The van der Waals surface area contributed by atoms with Crippen LogP contribution in [0, 0.1) is 6.92 Å². The third-order valence-corrected chi connectivity index (χ3v) is 6.49. The molecule has 0 saturated carbocycles. The van der Waals surface area contributed by atoms with Crippen LogP contribution in [0.3, 0.4) is 0 Å². The SMILES string of the molecule is COc1cc(Nc2nc3c(s2)CCCC3c2ccccc2)ccc1-n1cnc(C)n1. The normalized spacial score (nSPS) is 15.6. The van der Waals surface area contributed by atoms with Crippen LogP contribution in [0.15, 0.2) is 54.9 Å². The van der Waals surface area contributed by atoms with E-state index in [1.54, 1.807) is 29.5 Å². The Morgan fingerprint density at radius 3 is 2.80 bits per heavy atom. The summed E-state index contributed by atoms with van der Waals surface area (Å²) in [5.74, 6) is 1.84. The van der Waals surface area contributed by atoms with Gasteiger partial charge in [-0.2, -0.15) is 5.10 Å². The summed E-state index contributed by atoms with van der Waals surface area (Å²) in [6.45, 7) is 1.87. The quantitative estimate of drug-likeness (QED) is 0.480. The Hall–Kier alpha value is -3.19. The molecule has 1 aliphatic carbocycles. The van der Waals surface area contributed by atoms with Crippen molar-refractivity contribution in [2.75, 3.05) is 12.4 Å². The molecule has 1 aliphatic rings. The topological polar surface area (TPSA) is 64.9 Å². The second kappa shape index (κ2) is 7.91. The third-order valence-electron chi connectivity index (χ3n) is 5.44. The van der Waals surface area contributed by atoms with Gasteiger partial charge in [0.05, 0.1) is 12.8 Å². The predicted octanol–water partition coefficient (Wildman–Crippen LogP) is 5.25. The zero-order valence-electron chi connectivity index (χ0n) is 17.0. The number of hydrogen-bond donors (Lipinski definition) is 1. The lowest BCUT2D eigenvalue weighted by Gasteiger charge is -2.21. The summed E-state index contributed by atoms with van der Waals surface area (Å²) in [7, 11) is 1.67. The monoisotopic (exact) mass is 417 g/mol. The minimum Gasteiger partial charge on any atom is -0.494 e. The van der Waals surface area contributed by atoms with Gasteiger partial charge in [0.25, 0.3) is 0 Å². The van der Waals surface area contributed by atoms with Crippen LogP contribution in [-0.2, 0) is 6.42 Å². The number of nitrogens with zero attached hydrogens (tertiary/aromatic N) is 4. The molecule has 1 atom stereocenters. The predicted molar refractivity (Wildman–Crippen MR) is 119 cm³/mol. The second-order valence-electron chi connectivity index (χ2n) is 7.43. The maximum atomic E-state index is 5.60. The lowest BCUT2D eigenvalue weighted by molar-refractivity contribution is 0.412. The molecule has 152 valence electrons. The van der Waals surface area contributed by atoms with Crippen molar-refractivity contribution >= 4 is 22.2 Å². The van der Waals surface area contributed by atoms with Crippen LogP contribution in [0.25, 0.3) is 5.69 Å². The van der Waals surface area contributed by atoms with Crippen LogP contribution < -0.4 is 10.1 Å². The third kappa shape index (κ3) is 3.57. The van der Waals surface area contributed by atoms with Crippen LogP contribution in [0.5, 0.6) is 5.75 Å². The van der Waals surface area contributed by atoms with Crippen molar-refractivity contribution in [3.63, 3.8) is 0 Å². The number of methoxy groups -OCH3 is 1. The van der Waals surface area contributed by atoms with Gasteiger partial charge >= 0.3 is 0 Å². The number of hydrogen-bond acceptors (Lipinski definition) is 6. The van der Waals surface area contributed by atoms with Gasteiger partial charge in [-0.3, -0.25) is 0 Å². The van der Waals surface area contributed by atoms with Gasteiger partial charge in [-0.15, -0.1) is 11.3 Å². The number of benzene rings is 2. The van der Waals surface area contributed by atoms with Gasteiger partial charge in [0.15, 0.2) is 5.13 Å². The average Bonchev–Trinajstić information content (AvgIpc) is 3.39. The molecule has 7 heteroatoms. The van der Waals surface area contributed by atoms with Gasteiger partial charge in [0.2, 0.25) is 0 Å². The number of aromatic nitrogens is 4. The van der Waals surface area contributed by atoms with Crippen molar-refractivity contribution in [3.05, 3.63) is 76.8 Å². The maximum absolute atomic E-state index is 5.60. The van der Waals surface area contributed by atoms with E-state index in [9.17, 15) is 0 Å². The first-order valence-electron chi connectivity index (χ1n) is 10.1. The Bertz CT molecular complexity index is 1170. The molecule has 0 radical (unpaired) electrons. The number of anilines is 2. The molecule has 2 aromatic carbocycles. The van der Waals surface area contributed by atoms with Crippen LogP contribution >= 0.6 is 11.3 Å². The van der Waals surface area contributed by atoms with Gasteiger partial charge in [-0.1, -0.05) is 30.3 Å². The molecule has 1 N–H and O–H groups in total. The van der Waals surface area contributed by atoms with Crippen LogP contribution in [0.2, 0.25) is 0 Å². The summed E-state index contributed by atoms with van der Waals surface area (Å²) in [4.78, 5) is 10.6. The molecule has 0 fully saturated rings. The summed E-state index contributed by atoms with van der Waals surface area (Å²) >= 11 is 1.76. The molecule has 5 rings (SSSR count). The van der Waals surface area contributed by atoms with Crippen LogP contribution in [0.1, 0.15) is 40.7 Å². The van der Waals surface area contributed by atoms with E-state index in [0.717, 1.165) is 40.9 Å². The van der Waals surface area contributed by atoms with E-state index in [1.807, 2.05) is 25.1 Å². The van der Waals surface area contributed by atoms with Gasteiger partial charge in [0, 0.05) is 22.5 Å². The second-order valence-corrected chi connectivity index (χ2v) is 8.51. The lowest BCUT2D eigenvalue weighted by Crippen LogP contribution is -2.09. The molecule has 0 spiro atoms. The van der Waals surface area contributed by atoms with Crippen molar-refractivity contribution < 1.29 is 4.74 Å². The van der Waals surface area contributed by atoms with E-state index in [1.165, 1.54) is 22.6 Å². The first kappa shape index (κ1) is 18.8. The molecule has 0 amide bonds. The lowest BCUT2D eigenvalue weighted by atomic mass is 9.85. The fraction of sp³-hybridized carbons (Fsp3) is 0.261. The highest BCUT2D eigenvalue weighted by atomic mass is 32.1. The van der Waals surface area contributed by atoms with Crippen molar-refractivity contribution in [1.29, 1.82) is 0 Å². The van der Waals surface area contributed by atoms with Crippen molar-refractivity contribution in [2.24, 2.45) is 0 Å². The fourth-order valence-corrected chi connectivity index (χ4v) is 5.10. The zero-order chi connectivity index (χ0) is 20.5. The number of nitrogens with one attached hydrogen (secondary N) is 1. The Morgan fingerprint density at radius 1 is 1.17 bits per heavy atom. The van der Waals surface area contributed by atoms with Gasteiger partial charge in [-0.05, 0) is 43.9 Å². The maximum Gasteiger partial charge on any atom is 0.187 e. The molecule has 30 heavy (non-hydrogen) atoms. The molecule has 4 aromatic rings. The summed E-state index contributed by atoms with van der Waals surface area (Å²) < 4.78 is 7.32. The van der Waals surface area contributed by atoms with E-state index in [2.05, 4.69) is 45.7 Å². The molecule has 6 nitrogen and oxygen atoms in total. The first-order valence-corrected chi connectivity index (χ1v) is 10.9. The summed E-state index contributed by atoms with van der Waals surface area (Å²) in [6, 6.07) is 16.7. The van der Waals surface area contributed by atoms with Crippen molar-refractivity contribution in [1.82, 2.24) is 19.7 Å². The standard InChI is InChI=1S/C23H23N5OS/c1-15-24-14-28(27-15)19-12-11-17(13-20(19)29-2)25-23-26-22-18(9-6-10-21(22)30-23)16-7-4-3-5-8-16/h3-5,7-8,11-14,18H,6,9-10H2,1-2H3,(H,25,26). The molecule has 2 aromatic heterocycles. The molecule has 0 bridgehead atoms. The van der Waals surface area contributed by atoms with E-state index in [0.29, 0.717) is 5.92 Å². The highest BCUT2D eigenvalue weighted by Gasteiger charge is 2.26. The van der Waals surface area contributed by atoms with Crippen molar-refractivity contribution in [3.8, 4) is 11.4 Å². The van der Waals surface area contributed by atoms with Crippen molar-refractivity contribution in [2.45, 2.75) is 32.1 Å². The number of ether oxygens (including phenoxy) is 1. The summed E-state index contributed by atoms with van der Waals surface area (Å²) in [6.07, 6.45) is 5.15. The number of fused-ring (bicyclic) bond motifs is 1. The molecule has 0 saturated heterocycles. The number of thiazole rings is 1. The van der Waals surface area contributed by atoms with Crippen LogP contribution in [0.4, 0.5) is 10.8 Å². The Morgan fingerprint density at radius 2 is 2.03 bits per heavy atom. The minimum absolute atomic E-state index is 0.384. The van der Waals surface area contributed by atoms with E-state index in [4.69, 9.17) is 9.72 Å². The van der Waals surface area contributed by atoms with E-state index >= 15 is 0 Å². The van der Waals surface area contributed by atoms with Crippen LogP contribution in [-0.4, -0.2) is 26.9 Å². The zero-order valence-corrected chi connectivity index (χ0v) is 17.8. The Labute approximate surface area is 179 Å². The average molecular weight is 418 g/mol. The highest BCUT2D eigenvalue weighted by Crippen LogP contribution is 2.41. The number of aryl methyl sites for hydroxylation is 2. The molecule has 1 unspecified atom stereocenters. The Balaban J connectivity index is 1.42. The largest absolute Gasteiger partial charge is 0.494 e. The van der Waals surface area contributed by atoms with Gasteiger partial charge in [-0.25, -0.2) is 14.6 Å². The fourth-order valence-electron chi connectivity index (χ4n) is 4.01. The van der Waals surface area contributed by atoms with E-state index in [-0.39, 0.29) is 0 Å². The number of rotatable bonds is 5. The van der Waals surface area contributed by atoms with E-state index < -0.39 is 0 Å². The molecule has 2 heterocycles. The first-order chi connectivity index (χ1) is 14.7. The molecule has 0 aliphatic heterocycles. The smallest absolute Gasteiger partial charge is 0.187 e. The summed E-state index contributed by atoms with van der Waals surface area (Å²) in [5, 5.41) is 8.78. The molecular weight excluding hydrogens is 394 g/mol. The Kier molecular flexibility index (Phi) is 4.96. The van der Waals surface area contributed by atoms with Gasteiger partial charge in [0.1, 0.15) is 23.6 Å². The van der Waals surface area contributed by atoms with Gasteiger partial charge < -0.3 is 10.1 Å². The molecular formula is C23H23N5OS.